The van der Waals surface area contributed by atoms with Gasteiger partial charge in [-0.25, -0.2) is 9.78 Å². The second kappa shape index (κ2) is 16.4. The lowest BCUT2D eigenvalue weighted by atomic mass is 9.55. The highest BCUT2D eigenvalue weighted by Crippen LogP contribution is 2.69. The van der Waals surface area contributed by atoms with Gasteiger partial charge in [-0.1, -0.05) is 55.4 Å². The van der Waals surface area contributed by atoms with Gasteiger partial charge in [0.05, 0.1) is 53.2 Å². The molecule has 2 fully saturated rings. The van der Waals surface area contributed by atoms with E-state index in [1.54, 1.807) is 13.0 Å². The molecular formula is C51H64N4O8. The van der Waals surface area contributed by atoms with Crippen molar-refractivity contribution < 1.29 is 38.4 Å². The molecule has 4 aliphatic heterocycles. The van der Waals surface area contributed by atoms with Crippen molar-refractivity contribution >= 4 is 40.5 Å². The molecule has 1 aromatic heterocycles. The molecule has 5 heterocycles. The van der Waals surface area contributed by atoms with Gasteiger partial charge < -0.3 is 44.0 Å². The highest BCUT2D eigenvalue weighted by Gasteiger charge is 2.79. The largest absolute Gasteiger partial charge is 0.491 e. The molecule has 0 radical (unpaired) electrons. The van der Waals surface area contributed by atoms with E-state index < -0.39 is 46.3 Å². The molecule has 1 saturated heterocycles. The number of Topliss-reactive ketones (excluding diaryl/α,β-unsaturated/α-hetero) is 1. The van der Waals surface area contributed by atoms with E-state index in [4.69, 9.17) is 28.7 Å². The number of nitrogens with one attached hydrogen (secondary N) is 2. The maximum Gasteiger partial charge on any atom is 0.333 e. The summed E-state index contributed by atoms with van der Waals surface area (Å²) in [5, 5.41) is 16.7. The molecule has 1 saturated carbocycles. The molecule has 3 N–H and O–H groups in total. The third-order valence-electron chi connectivity index (χ3n) is 13.9. The van der Waals surface area contributed by atoms with E-state index in [0.717, 1.165) is 57.4 Å². The van der Waals surface area contributed by atoms with E-state index in [2.05, 4.69) is 81.0 Å². The number of carbonyl (C=O) groups excluding carboxylic acids is 2. The summed E-state index contributed by atoms with van der Waals surface area (Å²) >= 11 is 0. The molecule has 2 aromatic carbocycles. The molecule has 0 bridgehead atoms. The second-order valence-electron chi connectivity index (χ2n) is 19.1. The predicted octanol–water partition coefficient (Wildman–Crippen LogP) is 8.84. The number of esters is 1. The number of aliphatic hydroxyl groups excluding tert-OH is 1. The number of rotatable bonds is 14. The number of nitrogens with zero attached hydrogens (tertiary/aromatic N) is 2. The Morgan fingerprint density at radius 3 is 2.48 bits per heavy atom. The fraction of sp³-hybridized carbons (Fsp3) is 0.510. The zero-order chi connectivity index (χ0) is 45.2. The smallest absolute Gasteiger partial charge is 0.333 e. The van der Waals surface area contributed by atoms with Gasteiger partial charge in [0.2, 0.25) is 5.95 Å². The molecule has 3 aromatic rings. The molecule has 12 heteroatoms. The SMILES string of the molecule is COC(=O)/C(C)=C\CC12OC(C)(C)C(C)C13Oc1c(CC=C(C)C)c4c(c(OCCNCCO)c1C1=C3C(C(C)C2=O)n2c(nc3ccccc32)N1)C=CC(C)(CCC=C(C)C)O4. The lowest BCUT2D eigenvalue weighted by Crippen LogP contribution is -2.70. The number of anilines is 1. The maximum absolute atomic E-state index is 15.9. The van der Waals surface area contributed by atoms with Crippen molar-refractivity contribution in [1.29, 1.82) is 0 Å². The van der Waals surface area contributed by atoms with Gasteiger partial charge in [-0.05, 0) is 98.9 Å². The first-order valence-electron chi connectivity index (χ1n) is 22.4. The summed E-state index contributed by atoms with van der Waals surface area (Å²) in [5.74, 6) is 0.811. The molecule has 5 aliphatic rings. The number of imidazole rings is 1. The average Bonchev–Trinajstić information content (AvgIpc) is 3.69. The number of aliphatic hydroxyl groups is 1. The molecule has 1 aliphatic carbocycles. The number of carbonyl (C=O) groups is 2. The molecule has 6 atom stereocenters. The lowest BCUT2D eigenvalue weighted by Gasteiger charge is -2.58. The molecular weight excluding hydrogens is 797 g/mol. The number of hydrogen-bond acceptors (Lipinski definition) is 11. The molecule has 12 nitrogen and oxygen atoms in total. The van der Waals surface area contributed by atoms with E-state index in [9.17, 15) is 9.90 Å². The minimum Gasteiger partial charge on any atom is -0.491 e. The number of fused-ring (bicyclic) bond motifs is 7. The monoisotopic (exact) mass is 860 g/mol. The van der Waals surface area contributed by atoms with Crippen LogP contribution >= 0.6 is 0 Å². The van der Waals surface area contributed by atoms with Crippen LogP contribution in [0, 0.1) is 11.8 Å². The van der Waals surface area contributed by atoms with Crippen molar-refractivity contribution in [3.8, 4) is 17.2 Å². The van der Waals surface area contributed by atoms with E-state index in [-0.39, 0.29) is 25.4 Å². The summed E-state index contributed by atoms with van der Waals surface area (Å²) in [7, 11) is 1.36. The maximum atomic E-state index is 15.9. The Balaban J connectivity index is 1.48. The van der Waals surface area contributed by atoms with Crippen molar-refractivity contribution in [1.82, 2.24) is 14.9 Å². The van der Waals surface area contributed by atoms with Gasteiger partial charge in [0.1, 0.15) is 29.5 Å². The first-order chi connectivity index (χ1) is 29.9. The van der Waals surface area contributed by atoms with Gasteiger partial charge in [-0.15, -0.1) is 0 Å². The lowest BCUT2D eigenvalue weighted by molar-refractivity contribution is -0.176. The van der Waals surface area contributed by atoms with Gasteiger partial charge in [0.25, 0.3) is 0 Å². The van der Waals surface area contributed by atoms with Gasteiger partial charge in [0.15, 0.2) is 17.0 Å². The van der Waals surface area contributed by atoms with Crippen LogP contribution in [0.3, 0.4) is 0 Å². The van der Waals surface area contributed by atoms with Crippen LogP contribution in [0.15, 0.2) is 70.9 Å². The van der Waals surface area contributed by atoms with Crippen LogP contribution in [-0.2, 0) is 25.5 Å². The summed E-state index contributed by atoms with van der Waals surface area (Å²) in [6.45, 7) is 21.5. The zero-order valence-corrected chi connectivity index (χ0v) is 38.8. The minimum absolute atomic E-state index is 0.00778. The predicted molar refractivity (Wildman–Crippen MR) is 246 cm³/mol. The van der Waals surface area contributed by atoms with Crippen LogP contribution in [0.25, 0.3) is 22.8 Å². The minimum atomic E-state index is -1.58. The average molecular weight is 861 g/mol. The molecule has 8 rings (SSSR count). The summed E-state index contributed by atoms with van der Waals surface area (Å²) in [6, 6.07) is 7.47. The van der Waals surface area contributed by atoms with E-state index in [0.29, 0.717) is 48.3 Å². The van der Waals surface area contributed by atoms with Crippen LogP contribution in [0.1, 0.15) is 111 Å². The van der Waals surface area contributed by atoms with Gasteiger partial charge in [0, 0.05) is 48.1 Å². The fourth-order valence-electron chi connectivity index (χ4n) is 10.6. The zero-order valence-electron chi connectivity index (χ0n) is 38.8. The number of allylic oxidation sites excluding steroid dienone is 4. The van der Waals surface area contributed by atoms with Crippen molar-refractivity contribution in [3.05, 3.63) is 87.6 Å². The van der Waals surface area contributed by atoms with Crippen molar-refractivity contribution in [3.63, 3.8) is 0 Å². The first-order valence-corrected chi connectivity index (χ1v) is 22.4. The highest BCUT2D eigenvalue weighted by molar-refractivity contribution is 6.02. The van der Waals surface area contributed by atoms with Crippen LogP contribution in [-0.4, -0.2) is 82.2 Å². The molecule has 6 unspecified atom stereocenters. The van der Waals surface area contributed by atoms with Gasteiger partial charge >= 0.3 is 5.97 Å². The molecule has 0 amide bonds. The van der Waals surface area contributed by atoms with Crippen molar-refractivity contribution in [2.24, 2.45) is 11.8 Å². The Morgan fingerprint density at radius 2 is 1.76 bits per heavy atom. The Bertz CT molecular complexity index is 2520. The summed E-state index contributed by atoms with van der Waals surface area (Å²) in [5.41, 5.74) is 3.94. The second-order valence-corrected chi connectivity index (χ2v) is 19.1. The van der Waals surface area contributed by atoms with Crippen LogP contribution in [0.2, 0.25) is 0 Å². The van der Waals surface area contributed by atoms with Gasteiger partial charge in [-0.3, -0.25) is 4.79 Å². The Labute approximate surface area is 371 Å². The van der Waals surface area contributed by atoms with Crippen molar-refractivity contribution in [2.45, 2.75) is 123 Å². The Morgan fingerprint density at radius 1 is 1.02 bits per heavy atom. The number of ether oxygens (including phenoxy) is 5. The third-order valence-corrected chi connectivity index (χ3v) is 13.9. The number of benzene rings is 2. The summed E-state index contributed by atoms with van der Waals surface area (Å²) in [4.78, 5) is 34.0. The van der Waals surface area contributed by atoms with E-state index >= 15 is 4.79 Å². The van der Waals surface area contributed by atoms with E-state index in [1.807, 2.05) is 45.0 Å². The topological polar surface area (TPSA) is 142 Å². The van der Waals surface area contributed by atoms with Crippen LogP contribution in [0.5, 0.6) is 17.2 Å². The van der Waals surface area contributed by atoms with Gasteiger partial charge in [-0.2, -0.15) is 0 Å². The molecule has 63 heavy (non-hydrogen) atoms. The normalized spacial score (nSPS) is 27.2. The fourth-order valence-corrected chi connectivity index (χ4v) is 10.6. The Kier molecular flexibility index (Phi) is 11.6. The summed E-state index contributed by atoms with van der Waals surface area (Å²) in [6.07, 6.45) is 12.6. The van der Waals surface area contributed by atoms with Crippen molar-refractivity contribution in [2.75, 3.05) is 38.7 Å². The highest BCUT2D eigenvalue weighted by atomic mass is 16.6. The molecule has 1 spiro atoms. The number of ketones is 1. The summed E-state index contributed by atoms with van der Waals surface area (Å²) < 4.78 is 36.8. The Hall–Kier alpha value is -5.17. The van der Waals surface area contributed by atoms with Crippen LogP contribution in [0.4, 0.5) is 5.95 Å². The number of para-hydroxylation sites is 2. The third kappa shape index (κ3) is 7.04. The number of methoxy groups -OCH3 is 1. The number of hydrogen-bond donors (Lipinski definition) is 3. The first kappa shape index (κ1) is 44.4. The van der Waals surface area contributed by atoms with Crippen LogP contribution < -0.4 is 24.8 Å². The van der Waals surface area contributed by atoms with E-state index in [1.165, 1.54) is 12.7 Å². The standard InChI is InChI=1S/C51H64N4O8/c1-29(2)15-14-22-49(10)23-21-35-42(61-49)34(19-18-30(3)4)44-38(43(35)60-28-26-52-25-27-56)40-39-41(55-37-17-13-12-16-36(37)53-47(55)54-40)32(6)45(57)50(24-20-31(5)46(58)59-11)51(39,62-44)33(7)48(8,9)63-50/h12-13,15-18,20-21,23,32-33,41,52,56H,14,19,22,24-28H2,1-11H3,(H,53,54)/b31-20-. The quantitative estimate of drug-likeness (QED) is 0.0620. The molecule has 336 valence electrons. The number of aromatic nitrogens is 2.